The van der Waals surface area contributed by atoms with Crippen LogP contribution in [0.15, 0.2) is 0 Å². The molecule has 0 aromatic carbocycles. The first-order valence-corrected chi connectivity index (χ1v) is 4.45. The highest BCUT2D eigenvalue weighted by molar-refractivity contribution is 8.01. The summed E-state index contributed by atoms with van der Waals surface area (Å²) >= 11 is 2.11. The molecule has 0 aromatic heterocycles. The highest BCUT2D eigenvalue weighted by atomic mass is 32.2. The van der Waals surface area contributed by atoms with E-state index < -0.39 is 0 Å². The van der Waals surface area contributed by atoms with Gasteiger partial charge in [0.05, 0.1) is 0 Å². The molecule has 0 bridgehead atoms. The van der Waals surface area contributed by atoms with E-state index >= 15 is 0 Å². The van der Waals surface area contributed by atoms with Crippen molar-refractivity contribution in [3.63, 3.8) is 0 Å². The SMILES string of the molecule is CC(C)(C)SC1C[CH]C1. The number of hydrogen-bond donors (Lipinski definition) is 0. The quantitative estimate of drug-likeness (QED) is 0.544. The Labute approximate surface area is 62.4 Å². The topological polar surface area (TPSA) is 0 Å². The summed E-state index contributed by atoms with van der Waals surface area (Å²) in [6, 6.07) is 0. The van der Waals surface area contributed by atoms with Crippen LogP contribution in [0, 0.1) is 6.42 Å². The van der Waals surface area contributed by atoms with Crippen molar-refractivity contribution in [1.82, 2.24) is 0 Å². The van der Waals surface area contributed by atoms with Gasteiger partial charge in [0.1, 0.15) is 0 Å². The summed E-state index contributed by atoms with van der Waals surface area (Å²) in [5.74, 6) is 0. The molecular formula is C8H15S. The summed E-state index contributed by atoms with van der Waals surface area (Å²) in [6.07, 6.45) is 5.04. The van der Waals surface area contributed by atoms with E-state index in [-0.39, 0.29) is 0 Å². The van der Waals surface area contributed by atoms with Crippen LogP contribution in [0.3, 0.4) is 0 Å². The Balaban J connectivity index is 2.16. The number of hydrogen-bond acceptors (Lipinski definition) is 1. The minimum atomic E-state index is 0.471. The van der Waals surface area contributed by atoms with Gasteiger partial charge in [0.2, 0.25) is 0 Å². The second kappa shape index (κ2) is 2.53. The van der Waals surface area contributed by atoms with Crippen molar-refractivity contribution in [2.24, 2.45) is 0 Å². The summed E-state index contributed by atoms with van der Waals surface area (Å²) < 4.78 is 0.471. The molecule has 9 heavy (non-hydrogen) atoms. The van der Waals surface area contributed by atoms with Crippen molar-refractivity contribution in [2.75, 3.05) is 0 Å². The molecule has 0 aromatic rings. The van der Waals surface area contributed by atoms with Gasteiger partial charge in [-0.25, -0.2) is 0 Å². The predicted octanol–water partition coefficient (Wildman–Crippen LogP) is 2.88. The maximum Gasteiger partial charge on any atom is 0.00778 e. The van der Waals surface area contributed by atoms with Gasteiger partial charge in [0.15, 0.2) is 0 Å². The summed E-state index contributed by atoms with van der Waals surface area (Å²) in [4.78, 5) is 0. The van der Waals surface area contributed by atoms with Crippen LogP contribution in [0.4, 0.5) is 0 Å². The maximum absolute atomic E-state index is 2.36. The second-order valence-electron chi connectivity index (χ2n) is 3.61. The average Bonchev–Trinajstić information content (AvgIpc) is 1.53. The lowest BCUT2D eigenvalue weighted by Gasteiger charge is -2.31. The summed E-state index contributed by atoms with van der Waals surface area (Å²) in [6.45, 7) is 6.86. The monoisotopic (exact) mass is 143 g/mol. The Bertz CT molecular complexity index is 87.2. The molecule has 0 N–H and O–H groups in total. The smallest absolute Gasteiger partial charge is 0.00778 e. The van der Waals surface area contributed by atoms with E-state index in [0.29, 0.717) is 4.75 Å². The van der Waals surface area contributed by atoms with E-state index in [0.717, 1.165) is 5.25 Å². The van der Waals surface area contributed by atoms with Crippen LogP contribution in [0.5, 0.6) is 0 Å². The highest BCUT2D eigenvalue weighted by Gasteiger charge is 2.23. The molecule has 1 rings (SSSR count). The molecular weight excluding hydrogens is 128 g/mol. The third-order valence-corrected chi connectivity index (χ3v) is 2.80. The molecule has 0 unspecified atom stereocenters. The molecule has 1 radical (unpaired) electrons. The van der Waals surface area contributed by atoms with E-state index in [2.05, 4.69) is 39.0 Å². The standard InChI is InChI=1S/C8H15S/c1-8(2,3)9-7-5-4-6-7/h4,7H,5-6H2,1-3H3. The lowest BCUT2D eigenvalue weighted by atomic mass is 10.00. The van der Waals surface area contributed by atoms with Crippen molar-refractivity contribution >= 4 is 11.8 Å². The van der Waals surface area contributed by atoms with E-state index in [1.54, 1.807) is 0 Å². The predicted molar refractivity (Wildman–Crippen MR) is 44.7 cm³/mol. The van der Waals surface area contributed by atoms with Crippen molar-refractivity contribution in [2.45, 2.75) is 43.6 Å². The second-order valence-corrected chi connectivity index (χ2v) is 5.74. The van der Waals surface area contributed by atoms with E-state index in [4.69, 9.17) is 0 Å². The summed E-state index contributed by atoms with van der Waals surface area (Å²) in [7, 11) is 0. The molecule has 0 atom stereocenters. The Morgan fingerprint density at radius 3 is 2.00 bits per heavy atom. The first-order valence-electron chi connectivity index (χ1n) is 3.57. The third-order valence-electron chi connectivity index (χ3n) is 1.38. The van der Waals surface area contributed by atoms with Gasteiger partial charge >= 0.3 is 0 Å². The fourth-order valence-corrected chi connectivity index (χ4v) is 2.36. The van der Waals surface area contributed by atoms with Crippen LogP contribution in [0.2, 0.25) is 0 Å². The zero-order valence-corrected chi connectivity index (χ0v) is 7.29. The van der Waals surface area contributed by atoms with Gasteiger partial charge in [0.25, 0.3) is 0 Å². The molecule has 1 aliphatic rings. The van der Waals surface area contributed by atoms with Crippen LogP contribution in [0.1, 0.15) is 33.6 Å². The summed E-state index contributed by atoms with van der Waals surface area (Å²) in [5, 5.41) is 0.935. The number of rotatable bonds is 1. The zero-order valence-electron chi connectivity index (χ0n) is 6.48. The Hall–Kier alpha value is 0.350. The Morgan fingerprint density at radius 1 is 1.33 bits per heavy atom. The lowest BCUT2D eigenvalue weighted by molar-refractivity contribution is 0.657. The summed E-state index contributed by atoms with van der Waals surface area (Å²) in [5.41, 5.74) is 0. The molecule has 1 fully saturated rings. The van der Waals surface area contributed by atoms with E-state index in [1.165, 1.54) is 12.8 Å². The van der Waals surface area contributed by atoms with Crippen LogP contribution in [-0.2, 0) is 0 Å². The van der Waals surface area contributed by atoms with Gasteiger partial charge in [-0.05, 0) is 19.3 Å². The van der Waals surface area contributed by atoms with Gasteiger partial charge in [-0.1, -0.05) is 20.8 Å². The molecule has 0 aliphatic heterocycles. The first kappa shape index (κ1) is 7.46. The molecule has 0 spiro atoms. The van der Waals surface area contributed by atoms with Crippen LogP contribution < -0.4 is 0 Å². The van der Waals surface area contributed by atoms with Crippen molar-refractivity contribution < 1.29 is 0 Å². The third kappa shape index (κ3) is 2.61. The van der Waals surface area contributed by atoms with Crippen LogP contribution in [-0.4, -0.2) is 10.00 Å². The normalized spacial score (nSPS) is 21.7. The molecule has 1 saturated carbocycles. The molecule has 1 heteroatoms. The largest absolute Gasteiger partial charge is 0.153 e. The van der Waals surface area contributed by atoms with E-state index in [9.17, 15) is 0 Å². The molecule has 53 valence electrons. The fraction of sp³-hybridized carbons (Fsp3) is 0.875. The Morgan fingerprint density at radius 2 is 1.89 bits per heavy atom. The minimum Gasteiger partial charge on any atom is -0.153 e. The minimum absolute atomic E-state index is 0.471. The highest BCUT2D eigenvalue weighted by Crippen LogP contribution is 2.38. The molecule has 0 heterocycles. The average molecular weight is 143 g/mol. The molecule has 0 amide bonds. The van der Waals surface area contributed by atoms with Crippen molar-refractivity contribution in [1.29, 1.82) is 0 Å². The molecule has 1 aliphatic carbocycles. The van der Waals surface area contributed by atoms with Gasteiger partial charge < -0.3 is 0 Å². The maximum atomic E-state index is 2.36. The molecule has 0 saturated heterocycles. The van der Waals surface area contributed by atoms with Crippen LogP contribution >= 0.6 is 11.8 Å². The van der Waals surface area contributed by atoms with Gasteiger partial charge in [-0.15, -0.1) is 0 Å². The number of thioether (sulfide) groups is 1. The van der Waals surface area contributed by atoms with Gasteiger partial charge in [-0.2, -0.15) is 11.8 Å². The van der Waals surface area contributed by atoms with E-state index in [1.807, 2.05) is 0 Å². The van der Waals surface area contributed by atoms with Crippen LogP contribution in [0.25, 0.3) is 0 Å². The van der Waals surface area contributed by atoms with Gasteiger partial charge in [-0.3, -0.25) is 0 Å². The fourth-order valence-electron chi connectivity index (χ4n) is 0.899. The van der Waals surface area contributed by atoms with Crippen molar-refractivity contribution in [3.8, 4) is 0 Å². The zero-order chi connectivity index (χ0) is 6.91. The van der Waals surface area contributed by atoms with Gasteiger partial charge in [0, 0.05) is 10.00 Å². The first-order chi connectivity index (χ1) is 4.08. The Kier molecular flexibility index (Phi) is 2.10. The van der Waals surface area contributed by atoms with Crippen molar-refractivity contribution in [3.05, 3.63) is 6.42 Å². The molecule has 0 nitrogen and oxygen atoms in total. The lowest BCUT2D eigenvalue weighted by Crippen LogP contribution is -2.21.